The van der Waals surface area contributed by atoms with Gasteiger partial charge in [-0.15, -0.1) is 0 Å². The molecule has 0 fully saturated rings. The number of amides is 1. The zero-order valence-electron chi connectivity index (χ0n) is 15.7. The van der Waals surface area contributed by atoms with Crippen LogP contribution in [0.25, 0.3) is 16.9 Å². The molecule has 0 aliphatic carbocycles. The lowest BCUT2D eigenvalue weighted by molar-refractivity contribution is 0.0757. The number of carbonyl (C=O) groups is 1. The predicted octanol–water partition coefficient (Wildman–Crippen LogP) is 2.98. The molecular formula is C22H21N5O. The standard InChI is InChI=1S/C22H21N5O/c1-25-21(16-7-3-2-4-8-16)17-10-13-26(14-11-18(17)24-25)22(28)19-15-27-12-6-5-9-20(27)23-19/h2-9,12,15H,10-11,13-14H2,1H3. The first-order chi connectivity index (χ1) is 13.7. The Morgan fingerprint density at radius 3 is 2.61 bits per heavy atom. The largest absolute Gasteiger partial charge is 0.337 e. The lowest BCUT2D eigenvalue weighted by Crippen LogP contribution is -2.33. The SMILES string of the molecule is Cn1nc2c(c1-c1ccccc1)CCN(C(=O)c1cn3ccccc3n1)CC2. The second-order valence-corrected chi connectivity index (χ2v) is 7.15. The molecule has 0 unspecified atom stereocenters. The van der Waals surface area contributed by atoms with E-state index in [0.29, 0.717) is 18.8 Å². The van der Waals surface area contributed by atoms with Crippen molar-refractivity contribution in [2.24, 2.45) is 7.05 Å². The number of imidazole rings is 1. The molecular weight excluding hydrogens is 350 g/mol. The molecule has 1 aliphatic rings. The van der Waals surface area contributed by atoms with Gasteiger partial charge in [-0.05, 0) is 18.6 Å². The Morgan fingerprint density at radius 1 is 1.00 bits per heavy atom. The van der Waals surface area contributed by atoms with Crippen molar-refractivity contribution in [3.63, 3.8) is 0 Å². The first-order valence-electron chi connectivity index (χ1n) is 9.54. The Labute approximate surface area is 163 Å². The van der Waals surface area contributed by atoms with Gasteiger partial charge in [0, 0.05) is 50.1 Å². The summed E-state index contributed by atoms with van der Waals surface area (Å²) in [6.45, 7) is 1.33. The smallest absolute Gasteiger partial charge is 0.274 e. The molecule has 28 heavy (non-hydrogen) atoms. The summed E-state index contributed by atoms with van der Waals surface area (Å²) in [7, 11) is 2.00. The van der Waals surface area contributed by atoms with E-state index >= 15 is 0 Å². The summed E-state index contributed by atoms with van der Waals surface area (Å²) in [5, 5.41) is 4.75. The first kappa shape index (κ1) is 16.7. The summed E-state index contributed by atoms with van der Waals surface area (Å²) in [4.78, 5) is 19.4. The minimum Gasteiger partial charge on any atom is -0.337 e. The molecule has 3 aromatic heterocycles. The van der Waals surface area contributed by atoms with Crippen LogP contribution >= 0.6 is 0 Å². The maximum Gasteiger partial charge on any atom is 0.274 e. The van der Waals surface area contributed by atoms with Crippen molar-refractivity contribution in [1.29, 1.82) is 0 Å². The third-order valence-corrected chi connectivity index (χ3v) is 5.40. The quantitative estimate of drug-likeness (QED) is 0.544. The highest BCUT2D eigenvalue weighted by Crippen LogP contribution is 2.28. The van der Waals surface area contributed by atoms with Crippen molar-refractivity contribution in [2.45, 2.75) is 12.8 Å². The van der Waals surface area contributed by atoms with Crippen LogP contribution in [0.5, 0.6) is 0 Å². The Balaban J connectivity index is 1.42. The number of hydrogen-bond donors (Lipinski definition) is 0. The van der Waals surface area contributed by atoms with Crippen LogP contribution in [-0.2, 0) is 19.9 Å². The molecule has 0 atom stereocenters. The number of hydrogen-bond acceptors (Lipinski definition) is 3. The molecule has 1 aliphatic heterocycles. The second kappa shape index (κ2) is 6.64. The lowest BCUT2D eigenvalue weighted by atomic mass is 10.0. The molecule has 0 saturated heterocycles. The van der Waals surface area contributed by atoms with E-state index in [-0.39, 0.29) is 5.91 Å². The van der Waals surface area contributed by atoms with Gasteiger partial charge in [-0.3, -0.25) is 9.48 Å². The summed E-state index contributed by atoms with van der Waals surface area (Å²) in [6.07, 6.45) is 5.28. The molecule has 5 rings (SSSR count). The number of carbonyl (C=O) groups excluding carboxylic acids is 1. The highest BCUT2D eigenvalue weighted by atomic mass is 16.2. The van der Waals surface area contributed by atoms with Crippen LogP contribution in [0.4, 0.5) is 0 Å². The fraction of sp³-hybridized carbons (Fsp3) is 0.227. The summed E-state index contributed by atoms with van der Waals surface area (Å²) in [5.74, 6) is -0.0144. The van der Waals surface area contributed by atoms with Gasteiger partial charge in [0.1, 0.15) is 11.3 Å². The van der Waals surface area contributed by atoms with E-state index < -0.39 is 0 Å². The number of rotatable bonds is 2. The Morgan fingerprint density at radius 2 is 1.79 bits per heavy atom. The van der Waals surface area contributed by atoms with Crippen molar-refractivity contribution in [3.8, 4) is 11.3 Å². The molecule has 4 aromatic rings. The lowest BCUT2D eigenvalue weighted by Gasteiger charge is -2.19. The van der Waals surface area contributed by atoms with Crippen LogP contribution in [0.2, 0.25) is 0 Å². The molecule has 0 bridgehead atoms. The van der Waals surface area contributed by atoms with Crippen molar-refractivity contribution in [2.75, 3.05) is 13.1 Å². The van der Waals surface area contributed by atoms with Crippen LogP contribution in [0.1, 0.15) is 21.7 Å². The maximum atomic E-state index is 13.0. The fourth-order valence-electron chi connectivity index (χ4n) is 4.05. The van der Waals surface area contributed by atoms with E-state index in [1.165, 1.54) is 11.1 Å². The van der Waals surface area contributed by atoms with Crippen molar-refractivity contribution < 1.29 is 4.79 Å². The summed E-state index contributed by atoms with van der Waals surface area (Å²) >= 11 is 0. The third-order valence-electron chi connectivity index (χ3n) is 5.40. The van der Waals surface area contributed by atoms with Crippen molar-refractivity contribution in [3.05, 3.63) is 77.9 Å². The minimum absolute atomic E-state index is 0.0144. The highest BCUT2D eigenvalue weighted by molar-refractivity contribution is 5.93. The second-order valence-electron chi connectivity index (χ2n) is 7.15. The van der Waals surface area contributed by atoms with Crippen LogP contribution in [-0.4, -0.2) is 43.1 Å². The van der Waals surface area contributed by atoms with Crippen LogP contribution in [0.3, 0.4) is 0 Å². The van der Waals surface area contributed by atoms with E-state index in [1.54, 1.807) is 0 Å². The van der Waals surface area contributed by atoms with Gasteiger partial charge in [-0.2, -0.15) is 5.10 Å². The molecule has 6 heteroatoms. The third kappa shape index (κ3) is 2.78. The normalized spacial score (nSPS) is 14.1. The molecule has 0 radical (unpaired) electrons. The zero-order valence-corrected chi connectivity index (χ0v) is 15.7. The van der Waals surface area contributed by atoms with Gasteiger partial charge in [0.15, 0.2) is 0 Å². The van der Waals surface area contributed by atoms with Crippen molar-refractivity contribution >= 4 is 11.6 Å². The minimum atomic E-state index is -0.0144. The molecule has 6 nitrogen and oxygen atoms in total. The van der Waals surface area contributed by atoms with Crippen LogP contribution in [0.15, 0.2) is 60.9 Å². The van der Waals surface area contributed by atoms with Gasteiger partial charge in [0.25, 0.3) is 5.91 Å². The summed E-state index contributed by atoms with van der Waals surface area (Å²) < 4.78 is 3.86. The Hall–Kier alpha value is -3.41. The van der Waals surface area contributed by atoms with Gasteiger partial charge in [-0.25, -0.2) is 4.98 Å². The van der Waals surface area contributed by atoms with Gasteiger partial charge < -0.3 is 9.30 Å². The molecule has 1 aromatic carbocycles. The van der Waals surface area contributed by atoms with Crippen LogP contribution in [0, 0.1) is 0 Å². The van der Waals surface area contributed by atoms with Crippen molar-refractivity contribution in [1.82, 2.24) is 24.1 Å². The molecule has 4 heterocycles. The molecule has 0 spiro atoms. The Kier molecular flexibility index (Phi) is 3.97. The van der Waals surface area contributed by atoms with E-state index in [9.17, 15) is 4.79 Å². The average molecular weight is 371 g/mol. The maximum absolute atomic E-state index is 13.0. The molecule has 1 amide bonds. The number of nitrogens with zero attached hydrogens (tertiary/aromatic N) is 5. The van der Waals surface area contributed by atoms with E-state index in [1.807, 2.05) is 69.8 Å². The van der Waals surface area contributed by atoms with E-state index in [0.717, 1.165) is 29.9 Å². The summed E-state index contributed by atoms with van der Waals surface area (Å²) in [6, 6.07) is 16.1. The van der Waals surface area contributed by atoms with Gasteiger partial charge in [0.05, 0.1) is 11.4 Å². The zero-order chi connectivity index (χ0) is 19.1. The van der Waals surface area contributed by atoms with E-state index in [2.05, 4.69) is 17.1 Å². The predicted molar refractivity (Wildman–Crippen MR) is 107 cm³/mol. The van der Waals surface area contributed by atoms with Gasteiger partial charge in [0.2, 0.25) is 0 Å². The number of aromatic nitrogens is 4. The van der Waals surface area contributed by atoms with Gasteiger partial charge >= 0.3 is 0 Å². The number of aryl methyl sites for hydroxylation is 1. The van der Waals surface area contributed by atoms with Gasteiger partial charge in [-0.1, -0.05) is 36.4 Å². The fourth-order valence-corrected chi connectivity index (χ4v) is 4.05. The monoisotopic (exact) mass is 371 g/mol. The summed E-state index contributed by atoms with van der Waals surface area (Å²) in [5.41, 5.74) is 5.94. The molecule has 140 valence electrons. The molecule has 0 N–H and O–H groups in total. The highest BCUT2D eigenvalue weighted by Gasteiger charge is 2.26. The van der Waals surface area contributed by atoms with E-state index in [4.69, 9.17) is 5.10 Å². The van der Waals surface area contributed by atoms with Crippen LogP contribution < -0.4 is 0 Å². The topological polar surface area (TPSA) is 55.4 Å². The average Bonchev–Trinajstić information content (AvgIpc) is 3.23. The Bertz CT molecular complexity index is 1130. The number of benzene rings is 1. The molecule has 0 saturated carbocycles. The first-order valence-corrected chi connectivity index (χ1v) is 9.54. The number of pyridine rings is 1. The number of fused-ring (bicyclic) bond motifs is 2.